The number of nitrogens with zero attached hydrogens (tertiary/aromatic N) is 3. The van der Waals surface area contributed by atoms with Crippen LogP contribution in [-0.2, 0) is 6.18 Å². The second-order valence-electron chi connectivity index (χ2n) is 6.56. The highest BCUT2D eigenvalue weighted by Gasteiger charge is 2.34. The quantitative estimate of drug-likeness (QED) is 0.657. The van der Waals surface area contributed by atoms with Gasteiger partial charge in [-0.3, -0.25) is 4.98 Å². The Kier molecular flexibility index (Phi) is 4.24. The smallest absolute Gasteiger partial charge is 0.371 e. The molecule has 2 aromatic heterocycles. The number of hydrogen-bond acceptors (Lipinski definition) is 3. The molecule has 0 amide bonds. The van der Waals surface area contributed by atoms with Gasteiger partial charge in [0.1, 0.15) is 22.9 Å². The van der Waals surface area contributed by atoms with E-state index >= 15 is 0 Å². The molecule has 0 radical (unpaired) electrons. The number of aromatic nitrogens is 3. The molecular weight excluding hydrogens is 367 g/mol. The van der Waals surface area contributed by atoms with E-state index in [2.05, 4.69) is 15.0 Å². The van der Waals surface area contributed by atoms with E-state index in [1.54, 1.807) is 6.07 Å². The SMILES string of the molecule is Fc1cc(F)c2nccc(N3CCC(c4ncc(C(F)(F)F)[nH]4)CC3)c2c1. The summed E-state index contributed by atoms with van der Waals surface area (Å²) in [5, 5.41) is 0.380. The van der Waals surface area contributed by atoms with E-state index in [9.17, 15) is 22.0 Å². The van der Waals surface area contributed by atoms with Crippen molar-refractivity contribution in [2.24, 2.45) is 0 Å². The molecule has 1 aliphatic rings. The second-order valence-corrected chi connectivity index (χ2v) is 6.56. The normalized spacial score (nSPS) is 16.3. The van der Waals surface area contributed by atoms with Crippen LogP contribution in [0.15, 0.2) is 30.6 Å². The lowest BCUT2D eigenvalue weighted by Gasteiger charge is -2.33. The molecule has 9 heteroatoms. The predicted octanol–water partition coefficient (Wildman–Crippen LogP) is 4.64. The fourth-order valence-electron chi connectivity index (χ4n) is 3.52. The van der Waals surface area contributed by atoms with Gasteiger partial charge in [-0.15, -0.1) is 0 Å². The fraction of sp³-hybridized carbons (Fsp3) is 0.333. The van der Waals surface area contributed by atoms with E-state index in [1.165, 1.54) is 12.3 Å². The molecule has 0 aliphatic carbocycles. The molecule has 0 atom stereocenters. The average molecular weight is 382 g/mol. The van der Waals surface area contributed by atoms with E-state index in [0.29, 0.717) is 42.8 Å². The third-order valence-electron chi connectivity index (χ3n) is 4.86. The van der Waals surface area contributed by atoms with Crippen molar-refractivity contribution in [3.05, 3.63) is 53.7 Å². The lowest BCUT2D eigenvalue weighted by atomic mass is 9.95. The number of fused-ring (bicyclic) bond motifs is 1. The first-order valence-electron chi connectivity index (χ1n) is 8.44. The Bertz CT molecular complexity index is 974. The van der Waals surface area contributed by atoms with Crippen molar-refractivity contribution < 1.29 is 22.0 Å². The topological polar surface area (TPSA) is 44.8 Å². The van der Waals surface area contributed by atoms with E-state index in [4.69, 9.17) is 0 Å². The van der Waals surface area contributed by atoms with Crippen molar-refractivity contribution >= 4 is 16.6 Å². The minimum atomic E-state index is -4.45. The zero-order valence-electron chi connectivity index (χ0n) is 14.0. The average Bonchev–Trinajstić information content (AvgIpc) is 3.12. The van der Waals surface area contributed by atoms with Gasteiger partial charge < -0.3 is 9.88 Å². The Balaban J connectivity index is 1.55. The van der Waals surface area contributed by atoms with Gasteiger partial charge in [0.05, 0.1) is 6.20 Å². The summed E-state index contributed by atoms with van der Waals surface area (Å²) in [4.78, 5) is 12.2. The van der Waals surface area contributed by atoms with Crippen LogP contribution in [0.5, 0.6) is 0 Å². The number of anilines is 1. The summed E-state index contributed by atoms with van der Waals surface area (Å²) in [5.41, 5.74) is -0.102. The van der Waals surface area contributed by atoms with Crippen molar-refractivity contribution in [2.75, 3.05) is 18.0 Å². The number of halogens is 5. The number of piperidine rings is 1. The molecule has 0 saturated carbocycles. The van der Waals surface area contributed by atoms with Gasteiger partial charge in [0.15, 0.2) is 5.82 Å². The summed E-state index contributed by atoms with van der Waals surface area (Å²) < 4.78 is 65.7. The molecule has 4 rings (SSSR count). The molecule has 27 heavy (non-hydrogen) atoms. The summed E-state index contributed by atoms with van der Waals surface area (Å²) >= 11 is 0. The molecule has 0 unspecified atom stereocenters. The highest BCUT2D eigenvalue weighted by Crippen LogP contribution is 2.35. The van der Waals surface area contributed by atoms with E-state index in [-0.39, 0.29) is 11.4 Å². The molecule has 1 aliphatic heterocycles. The Morgan fingerprint density at radius 3 is 2.48 bits per heavy atom. The van der Waals surface area contributed by atoms with E-state index < -0.39 is 23.5 Å². The third-order valence-corrected chi connectivity index (χ3v) is 4.86. The van der Waals surface area contributed by atoms with E-state index in [0.717, 1.165) is 12.3 Å². The number of hydrogen-bond donors (Lipinski definition) is 1. The standard InChI is InChI=1S/C18H15F5N4/c19-11-7-12-14(1-4-24-16(12)13(20)8-11)27-5-2-10(3-6-27)17-25-9-15(26-17)18(21,22)23/h1,4,7-10H,2-3,5-6H2,(H,25,26). The number of nitrogens with one attached hydrogen (secondary N) is 1. The zero-order chi connectivity index (χ0) is 19.2. The van der Waals surface area contributed by atoms with Gasteiger partial charge >= 0.3 is 6.18 Å². The van der Waals surface area contributed by atoms with E-state index in [1.807, 2.05) is 4.90 Å². The molecule has 1 saturated heterocycles. The van der Waals surface area contributed by atoms with Crippen LogP contribution in [0, 0.1) is 11.6 Å². The highest BCUT2D eigenvalue weighted by molar-refractivity contribution is 5.92. The van der Waals surface area contributed by atoms with Gasteiger partial charge in [0.25, 0.3) is 0 Å². The molecule has 0 bridgehead atoms. The lowest BCUT2D eigenvalue weighted by Crippen LogP contribution is -2.33. The Labute approximate surface area is 151 Å². The molecule has 1 fully saturated rings. The fourth-order valence-corrected chi connectivity index (χ4v) is 3.52. The maximum absolute atomic E-state index is 14.0. The number of H-pyrrole nitrogens is 1. The zero-order valence-corrected chi connectivity index (χ0v) is 14.0. The Morgan fingerprint density at radius 2 is 1.81 bits per heavy atom. The summed E-state index contributed by atoms with van der Waals surface area (Å²) in [5.74, 6) is -1.21. The van der Waals surface area contributed by atoms with Crippen LogP contribution in [0.4, 0.5) is 27.6 Å². The molecular formula is C18H15F5N4. The van der Waals surface area contributed by atoms with Gasteiger partial charge in [0.2, 0.25) is 0 Å². The number of aromatic amines is 1. The molecule has 3 aromatic rings. The van der Waals surface area contributed by atoms with Gasteiger partial charge in [-0.05, 0) is 25.0 Å². The summed E-state index contributed by atoms with van der Waals surface area (Å²) in [6, 6.07) is 3.73. The molecule has 1 N–H and O–H groups in total. The molecule has 142 valence electrons. The number of imidazole rings is 1. The van der Waals surface area contributed by atoms with Crippen molar-refractivity contribution in [3.8, 4) is 0 Å². The molecule has 4 nitrogen and oxygen atoms in total. The maximum Gasteiger partial charge on any atom is 0.432 e. The largest absolute Gasteiger partial charge is 0.432 e. The first-order chi connectivity index (χ1) is 12.8. The monoisotopic (exact) mass is 382 g/mol. The van der Waals surface area contributed by atoms with Gasteiger partial charge in [-0.1, -0.05) is 0 Å². The van der Waals surface area contributed by atoms with Crippen LogP contribution < -0.4 is 4.90 Å². The van der Waals surface area contributed by atoms with Crippen molar-refractivity contribution in [3.63, 3.8) is 0 Å². The Hall–Kier alpha value is -2.71. The van der Waals surface area contributed by atoms with Crippen LogP contribution in [0.3, 0.4) is 0 Å². The van der Waals surface area contributed by atoms with Gasteiger partial charge in [-0.2, -0.15) is 13.2 Å². The number of pyridine rings is 1. The molecule has 3 heterocycles. The van der Waals surface area contributed by atoms with Gasteiger partial charge in [-0.25, -0.2) is 13.8 Å². The maximum atomic E-state index is 14.0. The first-order valence-corrected chi connectivity index (χ1v) is 8.44. The summed E-state index contributed by atoms with van der Waals surface area (Å²) in [7, 11) is 0. The second kappa shape index (κ2) is 6.47. The minimum absolute atomic E-state index is 0.0943. The van der Waals surface area contributed by atoms with Crippen LogP contribution in [0.2, 0.25) is 0 Å². The van der Waals surface area contributed by atoms with Crippen molar-refractivity contribution in [2.45, 2.75) is 24.9 Å². The van der Waals surface area contributed by atoms with Crippen LogP contribution in [0.1, 0.15) is 30.3 Å². The number of benzene rings is 1. The number of rotatable bonds is 2. The van der Waals surface area contributed by atoms with Gasteiger partial charge in [0, 0.05) is 42.3 Å². The van der Waals surface area contributed by atoms with Crippen molar-refractivity contribution in [1.82, 2.24) is 15.0 Å². The highest BCUT2D eigenvalue weighted by atomic mass is 19.4. The lowest BCUT2D eigenvalue weighted by molar-refractivity contribution is -0.141. The Morgan fingerprint density at radius 1 is 1.07 bits per heavy atom. The van der Waals surface area contributed by atoms with Crippen molar-refractivity contribution in [1.29, 1.82) is 0 Å². The summed E-state index contributed by atoms with van der Waals surface area (Å²) in [6.07, 6.45) is -1.02. The molecule has 1 aromatic carbocycles. The summed E-state index contributed by atoms with van der Waals surface area (Å²) in [6.45, 7) is 1.06. The molecule has 0 spiro atoms. The first kappa shape index (κ1) is 17.7. The minimum Gasteiger partial charge on any atom is -0.371 e. The number of alkyl halides is 3. The van der Waals surface area contributed by atoms with Crippen LogP contribution in [0.25, 0.3) is 10.9 Å². The predicted molar refractivity (Wildman–Crippen MR) is 89.4 cm³/mol. The van der Waals surface area contributed by atoms with Crippen LogP contribution >= 0.6 is 0 Å². The van der Waals surface area contributed by atoms with Crippen LogP contribution in [-0.4, -0.2) is 28.0 Å². The third kappa shape index (κ3) is 3.33.